The zero-order valence-corrected chi connectivity index (χ0v) is 14.1. The molecule has 1 rings (SSSR count). The lowest BCUT2D eigenvalue weighted by Crippen LogP contribution is -2.32. The van der Waals surface area contributed by atoms with E-state index in [2.05, 4.69) is 0 Å². The van der Waals surface area contributed by atoms with E-state index < -0.39 is 5.60 Å². The topological polar surface area (TPSA) is 63.2 Å². The molecule has 0 heterocycles. The van der Waals surface area contributed by atoms with Gasteiger partial charge in [-0.3, -0.25) is 0 Å². The largest absolute Gasteiger partial charge is 0.497 e. The van der Waals surface area contributed by atoms with Crippen LogP contribution in [0.25, 0.3) is 0 Å². The Morgan fingerprint density at radius 1 is 1.04 bits per heavy atom. The van der Waals surface area contributed by atoms with Gasteiger partial charge in [-0.05, 0) is 24.6 Å². The molecule has 0 radical (unpaired) electrons. The highest BCUT2D eigenvalue weighted by Gasteiger charge is 2.24. The van der Waals surface area contributed by atoms with Crippen molar-refractivity contribution in [3.05, 3.63) is 29.8 Å². The maximum Gasteiger partial charge on any atom is 0.151 e. The van der Waals surface area contributed by atoms with Gasteiger partial charge in [0, 0.05) is 13.5 Å². The standard InChI is InChI=1S/C17H26O6/c1-17(13-18,8-9-21-14-22-11-10-19-2)23-12-15-4-6-16(20-3)7-5-15/h4-7,13H,8-12,14H2,1-3H3/t17-/m1/s1. The maximum atomic E-state index is 11.3. The summed E-state index contributed by atoms with van der Waals surface area (Å²) >= 11 is 0. The van der Waals surface area contributed by atoms with Crippen molar-refractivity contribution >= 4 is 6.29 Å². The molecule has 1 atom stereocenters. The zero-order chi connectivity index (χ0) is 17.0. The SMILES string of the molecule is COCCOCOCC[C@](C)(C=O)OCc1ccc(OC)cc1. The van der Waals surface area contributed by atoms with Crippen LogP contribution in [0.1, 0.15) is 18.9 Å². The summed E-state index contributed by atoms with van der Waals surface area (Å²) in [6.45, 7) is 3.67. The van der Waals surface area contributed by atoms with Crippen molar-refractivity contribution in [2.75, 3.05) is 40.8 Å². The van der Waals surface area contributed by atoms with Crippen LogP contribution in [0.5, 0.6) is 5.75 Å². The van der Waals surface area contributed by atoms with E-state index >= 15 is 0 Å². The number of aldehydes is 1. The average Bonchev–Trinajstić information content (AvgIpc) is 2.59. The quantitative estimate of drug-likeness (QED) is 0.315. The van der Waals surface area contributed by atoms with Crippen molar-refractivity contribution in [1.29, 1.82) is 0 Å². The lowest BCUT2D eigenvalue weighted by Gasteiger charge is -2.23. The third kappa shape index (κ3) is 8.08. The Labute approximate surface area is 137 Å². The lowest BCUT2D eigenvalue weighted by molar-refractivity contribution is -0.136. The summed E-state index contributed by atoms with van der Waals surface area (Å²) < 4.78 is 26.2. The average molecular weight is 326 g/mol. The molecule has 1 aromatic carbocycles. The number of benzene rings is 1. The van der Waals surface area contributed by atoms with Gasteiger partial charge in [0.05, 0.1) is 33.5 Å². The van der Waals surface area contributed by atoms with Gasteiger partial charge < -0.3 is 28.5 Å². The molecule has 0 amide bonds. The van der Waals surface area contributed by atoms with Crippen molar-refractivity contribution in [3.8, 4) is 5.75 Å². The molecule has 0 aromatic heterocycles. The highest BCUT2D eigenvalue weighted by atomic mass is 16.7. The number of ether oxygens (including phenoxy) is 5. The molecule has 0 bridgehead atoms. The third-order valence-corrected chi connectivity index (χ3v) is 3.32. The first kappa shape index (κ1) is 19.6. The molecule has 0 saturated carbocycles. The second kappa shape index (κ2) is 11.1. The predicted octanol–water partition coefficient (Wildman–Crippen LogP) is 2.20. The van der Waals surface area contributed by atoms with Crippen LogP contribution in [0, 0.1) is 0 Å². The van der Waals surface area contributed by atoms with Crippen molar-refractivity contribution in [2.24, 2.45) is 0 Å². The molecule has 0 N–H and O–H groups in total. The van der Waals surface area contributed by atoms with E-state index in [0.717, 1.165) is 17.6 Å². The number of carbonyl (C=O) groups excluding carboxylic acids is 1. The Hall–Kier alpha value is -1.47. The molecule has 0 aliphatic heterocycles. The van der Waals surface area contributed by atoms with Crippen molar-refractivity contribution in [3.63, 3.8) is 0 Å². The van der Waals surface area contributed by atoms with Crippen molar-refractivity contribution in [2.45, 2.75) is 25.6 Å². The fourth-order valence-corrected chi connectivity index (χ4v) is 1.73. The van der Waals surface area contributed by atoms with Gasteiger partial charge in [-0.15, -0.1) is 0 Å². The van der Waals surface area contributed by atoms with E-state index in [-0.39, 0.29) is 6.79 Å². The minimum Gasteiger partial charge on any atom is -0.497 e. The van der Waals surface area contributed by atoms with Crippen LogP contribution in [-0.2, 0) is 30.3 Å². The Bertz CT molecular complexity index is 433. The van der Waals surface area contributed by atoms with Gasteiger partial charge in [-0.1, -0.05) is 12.1 Å². The van der Waals surface area contributed by atoms with Crippen LogP contribution < -0.4 is 4.74 Å². The molecule has 0 saturated heterocycles. The molecular weight excluding hydrogens is 300 g/mol. The molecule has 0 unspecified atom stereocenters. The van der Waals surface area contributed by atoms with Crippen LogP contribution >= 0.6 is 0 Å². The van der Waals surface area contributed by atoms with Crippen molar-refractivity contribution in [1.82, 2.24) is 0 Å². The molecule has 0 aliphatic rings. The van der Waals surface area contributed by atoms with Crippen LogP contribution in [0.4, 0.5) is 0 Å². The molecule has 6 heteroatoms. The van der Waals surface area contributed by atoms with Crippen LogP contribution in [0.3, 0.4) is 0 Å². The summed E-state index contributed by atoms with van der Waals surface area (Å²) in [4.78, 5) is 11.3. The molecule has 6 nitrogen and oxygen atoms in total. The predicted molar refractivity (Wildman–Crippen MR) is 85.5 cm³/mol. The lowest BCUT2D eigenvalue weighted by atomic mass is 10.1. The summed E-state index contributed by atoms with van der Waals surface area (Å²) in [6, 6.07) is 7.53. The first-order valence-electron chi connectivity index (χ1n) is 7.51. The third-order valence-electron chi connectivity index (χ3n) is 3.32. The summed E-state index contributed by atoms with van der Waals surface area (Å²) in [7, 11) is 3.23. The van der Waals surface area contributed by atoms with Crippen molar-refractivity contribution < 1.29 is 28.5 Å². The fraction of sp³-hybridized carbons (Fsp3) is 0.588. The number of hydrogen-bond donors (Lipinski definition) is 0. The van der Waals surface area contributed by atoms with Crippen LogP contribution in [0.15, 0.2) is 24.3 Å². The van der Waals surface area contributed by atoms with Gasteiger partial charge in [0.25, 0.3) is 0 Å². The summed E-state index contributed by atoms with van der Waals surface area (Å²) in [6.07, 6.45) is 1.27. The van der Waals surface area contributed by atoms with Crippen LogP contribution in [-0.4, -0.2) is 52.7 Å². The molecule has 0 fully saturated rings. The molecule has 23 heavy (non-hydrogen) atoms. The van der Waals surface area contributed by atoms with E-state index in [0.29, 0.717) is 32.8 Å². The summed E-state index contributed by atoms with van der Waals surface area (Å²) in [5.41, 5.74) is 0.0922. The van der Waals surface area contributed by atoms with E-state index in [4.69, 9.17) is 23.7 Å². The second-order valence-corrected chi connectivity index (χ2v) is 5.24. The van der Waals surface area contributed by atoms with Gasteiger partial charge >= 0.3 is 0 Å². The van der Waals surface area contributed by atoms with E-state index in [1.54, 1.807) is 21.1 Å². The smallest absolute Gasteiger partial charge is 0.151 e. The zero-order valence-electron chi connectivity index (χ0n) is 14.1. The van der Waals surface area contributed by atoms with Gasteiger partial charge in [0.1, 0.15) is 18.1 Å². The Morgan fingerprint density at radius 3 is 2.35 bits per heavy atom. The van der Waals surface area contributed by atoms with E-state index in [1.165, 1.54) is 0 Å². The fourth-order valence-electron chi connectivity index (χ4n) is 1.73. The van der Waals surface area contributed by atoms with Gasteiger partial charge in [-0.2, -0.15) is 0 Å². The summed E-state index contributed by atoms with van der Waals surface area (Å²) in [5, 5.41) is 0. The highest BCUT2D eigenvalue weighted by molar-refractivity contribution is 5.61. The minimum absolute atomic E-state index is 0.177. The van der Waals surface area contributed by atoms with Crippen LogP contribution in [0.2, 0.25) is 0 Å². The molecule has 0 aliphatic carbocycles. The van der Waals surface area contributed by atoms with Gasteiger partial charge in [0.2, 0.25) is 0 Å². The molecule has 1 aromatic rings. The van der Waals surface area contributed by atoms with Gasteiger partial charge in [-0.25, -0.2) is 0 Å². The number of methoxy groups -OCH3 is 2. The number of rotatable bonds is 13. The normalized spacial score (nSPS) is 13.5. The van der Waals surface area contributed by atoms with E-state index in [9.17, 15) is 4.79 Å². The summed E-state index contributed by atoms with van der Waals surface area (Å²) in [5.74, 6) is 0.786. The van der Waals surface area contributed by atoms with Gasteiger partial charge in [0.15, 0.2) is 6.29 Å². The maximum absolute atomic E-state index is 11.3. The van der Waals surface area contributed by atoms with E-state index in [1.807, 2.05) is 24.3 Å². The molecular formula is C17H26O6. The Kier molecular flexibility index (Phi) is 9.47. The Balaban J connectivity index is 2.28. The minimum atomic E-state index is -0.882. The monoisotopic (exact) mass is 326 g/mol. The highest BCUT2D eigenvalue weighted by Crippen LogP contribution is 2.18. The number of carbonyl (C=O) groups is 1. The first-order valence-corrected chi connectivity index (χ1v) is 7.51. The second-order valence-electron chi connectivity index (χ2n) is 5.24. The number of hydrogen-bond acceptors (Lipinski definition) is 6. The Morgan fingerprint density at radius 2 is 1.74 bits per heavy atom. The first-order chi connectivity index (χ1) is 11.1. The molecule has 130 valence electrons. The molecule has 0 spiro atoms.